The van der Waals surface area contributed by atoms with E-state index >= 15 is 0 Å². The first kappa shape index (κ1) is 18.0. The lowest BCUT2D eigenvalue weighted by molar-refractivity contribution is -0.111. The third kappa shape index (κ3) is 4.83. The Balaban J connectivity index is 1.97. The van der Waals surface area contributed by atoms with Gasteiger partial charge in [-0.2, -0.15) is 0 Å². The summed E-state index contributed by atoms with van der Waals surface area (Å²) in [7, 11) is 0. The van der Waals surface area contributed by atoms with E-state index in [4.69, 9.17) is 4.42 Å². The Labute approximate surface area is 149 Å². The molecule has 0 saturated heterocycles. The molecule has 2 aromatic rings. The first-order valence-electron chi connectivity index (χ1n) is 7.67. The molecule has 2 rings (SSSR count). The summed E-state index contributed by atoms with van der Waals surface area (Å²) in [6.07, 6.45) is 2.97. The van der Waals surface area contributed by atoms with Gasteiger partial charge < -0.3 is 14.6 Å². The smallest absolute Gasteiger partial charge is 0.253 e. The Kier molecular flexibility index (Phi) is 6.37. The van der Waals surface area contributed by atoms with Gasteiger partial charge in [0.05, 0.1) is 0 Å². The van der Waals surface area contributed by atoms with Crippen molar-refractivity contribution in [3.05, 3.63) is 58.5 Å². The average Bonchev–Trinajstić information content (AvgIpc) is 3.00. The molecule has 1 N–H and O–H groups in total. The standard InChI is InChI=1S/C18H19BrN2O3/c1-3-21(4-2)18(23)13-5-7-14(8-6-13)20-17(22)12-10-15-9-11-16(19)24-15/h5-12H,3-4H2,1-2H3,(H,20,22)/b12-10+. The van der Waals surface area contributed by atoms with E-state index in [1.807, 2.05) is 13.8 Å². The molecule has 1 aromatic heterocycles. The summed E-state index contributed by atoms with van der Waals surface area (Å²) >= 11 is 3.20. The lowest BCUT2D eigenvalue weighted by Crippen LogP contribution is -2.30. The summed E-state index contributed by atoms with van der Waals surface area (Å²) in [6, 6.07) is 10.4. The van der Waals surface area contributed by atoms with Crippen molar-refractivity contribution in [2.24, 2.45) is 0 Å². The van der Waals surface area contributed by atoms with Gasteiger partial charge in [0.15, 0.2) is 4.67 Å². The van der Waals surface area contributed by atoms with Crippen LogP contribution in [0.1, 0.15) is 30.0 Å². The molecule has 0 aliphatic carbocycles. The number of hydrogen-bond acceptors (Lipinski definition) is 3. The molecular weight excluding hydrogens is 372 g/mol. The van der Waals surface area contributed by atoms with Crippen LogP contribution in [0.3, 0.4) is 0 Å². The van der Waals surface area contributed by atoms with E-state index in [1.54, 1.807) is 47.4 Å². The van der Waals surface area contributed by atoms with Crippen molar-refractivity contribution in [2.45, 2.75) is 13.8 Å². The highest BCUT2D eigenvalue weighted by molar-refractivity contribution is 9.10. The van der Waals surface area contributed by atoms with E-state index in [0.717, 1.165) is 0 Å². The number of nitrogens with one attached hydrogen (secondary N) is 1. The monoisotopic (exact) mass is 390 g/mol. The molecule has 0 bridgehead atoms. The Morgan fingerprint density at radius 3 is 2.33 bits per heavy atom. The van der Waals surface area contributed by atoms with Gasteiger partial charge in [-0.15, -0.1) is 0 Å². The highest BCUT2D eigenvalue weighted by Crippen LogP contribution is 2.15. The van der Waals surface area contributed by atoms with Crippen LogP contribution >= 0.6 is 15.9 Å². The number of carbonyl (C=O) groups is 2. The molecule has 0 atom stereocenters. The van der Waals surface area contributed by atoms with Crippen LogP contribution in [0, 0.1) is 0 Å². The van der Waals surface area contributed by atoms with Crippen molar-refractivity contribution in [2.75, 3.05) is 18.4 Å². The minimum absolute atomic E-state index is 0.0128. The summed E-state index contributed by atoms with van der Waals surface area (Å²) < 4.78 is 5.88. The highest BCUT2D eigenvalue weighted by Gasteiger charge is 2.12. The Morgan fingerprint density at radius 2 is 1.79 bits per heavy atom. The summed E-state index contributed by atoms with van der Waals surface area (Å²) in [5.74, 6) is 0.295. The Hall–Kier alpha value is -2.34. The highest BCUT2D eigenvalue weighted by atomic mass is 79.9. The fraction of sp³-hybridized carbons (Fsp3) is 0.222. The van der Waals surface area contributed by atoms with Gasteiger partial charge in [0, 0.05) is 30.4 Å². The van der Waals surface area contributed by atoms with Gasteiger partial charge in [-0.3, -0.25) is 9.59 Å². The van der Waals surface area contributed by atoms with Crippen LogP contribution in [-0.4, -0.2) is 29.8 Å². The number of rotatable bonds is 6. The van der Waals surface area contributed by atoms with Gasteiger partial charge >= 0.3 is 0 Å². The molecule has 5 nitrogen and oxygen atoms in total. The second-order valence-electron chi connectivity index (χ2n) is 5.02. The van der Waals surface area contributed by atoms with Crippen molar-refractivity contribution in [1.29, 1.82) is 0 Å². The number of anilines is 1. The zero-order valence-corrected chi connectivity index (χ0v) is 15.2. The van der Waals surface area contributed by atoms with Crippen LogP contribution in [-0.2, 0) is 4.79 Å². The predicted octanol–water partition coefficient (Wildman–Crippen LogP) is 4.18. The zero-order chi connectivity index (χ0) is 17.5. The van der Waals surface area contributed by atoms with E-state index < -0.39 is 0 Å². The first-order chi connectivity index (χ1) is 11.5. The minimum atomic E-state index is -0.273. The number of nitrogens with zero attached hydrogens (tertiary/aromatic N) is 1. The van der Waals surface area contributed by atoms with Crippen molar-refractivity contribution in [1.82, 2.24) is 4.90 Å². The molecule has 24 heavy (non-hydrogen) atoms. The SMILES string of the molecule is CCN(CC)C(=O)c1ccc(NC(=O)/C=C/c2ccc(Br)o2)cc1. The largest absolute Gasteiger partial charge is 0.450 e. The number of amides is 2. The topological polar surface area (TPSA) is 62.6 Å². The molecule has 0 unspecified atom stereocenters. The molecular formula is C18H19BrN2O3. The van der Waals surface area contributed by atoms with Gasteiger partial charge in [-0.05, 0) is 72.3 Å². The van der Waals surface area contributed by atoms with Gasteiger partial charge in [0.1, 0.15) is 5.76 Å². The minimum Gasteiger partial charge on any atom is -0.450 e. The number of carbonyl (C=O) groups excluding carboxylic acids is 2. The van der Waals surface area contributed by atoms with Crippen LogP contribution in [0.5, 0.6) is 0 Å². The molecule has 0 aliphatic rings. The van der Waals surface area contributed by atoms with Crippen LogP contribution in [0.15, 0.2) is 51.6 Å². The second kappa shape index (κ2) is 8.49. The molecule has 6 heteroatoms. The van der Waals surface area contributed by atoms with Crippen LogP contribution < -0.4 is 5.32 Å². The van der Waals surface area contributed by atoms with Crippen molar-refractivity contribution < 1.29 is 14.0 Å². The van der Waals surface area contributed by atoms with E-state index in [9.17, 15) is 9.59 Å². The van der Waals surface area contributed by atoms with E-state index in [1.165, 1.54) is 6.08 Å². The van der Waals surface area contributed by atoms with Crippen LogP contribution in [0.4, 0.5) is 5.69 Å². The average molecular weight is 391 g/mol. The van der Waals surface area contributed by atoms with Gasteiger partial charge in [0.2, 0.25) is 5.91 Å². The normalized spacial score (nSPS) is 10.8. The predicted molar refractivity (Wildman–Crippen MR) is 97.8 cm³/mol. The quantitative estimate of drug-likeness (QED) is 0.752. The third-order valence-corrected chi connectivity index (χ3v) is 3.87. The summed E-state index contributed by atoms with van der Waals surface area (Å²) in [5, 5.41) is 2.74. The number of hydrogen-bond donors (Lipinski definition) is 1. The van der Waals surface area contributed by atoms with E-state index in [2.05, 4.69) is 21.2 Å². The summed E-state index contributed by atoms with van der Waals surface area (Å²) in [6.45, 7) is 5.22. The molecule has 0 fully saturated rings. The number of benzene rings is 1. The van der Waals surface area contributed by atoms with Gasteiger partial charge in [-0.1, -0.05) is 0 Å². The molecule has 0 spiro atoms. The molecule has 0 aliphatic heterocycles. The fourth-order valence-corrected chi connectivity index (χ4v) is 2.47. The molecule has 1 aromatic carbocycles. The maximum atomic E-state index is 12.2. The Morgan fingerprint density at radius 1 is 1.12 bits per heavy atom. The molecule has 0 radical (unpaired) electrons. The molecule has 126 valence electrons. The van der Waals surface area contributed by atoms with Crippen molar-refractivity contribution >= 4 is 39.5 Å². The molecule has 2 amide bonds. The lowest BCUT2D eigenvalue weighted by Gasteiger charge is -2.18. The van der Waals surface area contributed by atoms with Crippen LogP contribution in [0.25, 0.3) is 6.08 Å². The van der Waals surface area contributed by atoms with Gasteiger partial charge in [0.25, 0.3) is 5.91 Å². The number of furan rings is 1. The second-order valence-corrected chi connectivity index (χ2v) is 5.80. The lowest BCUT2D eigenvalue weighted by atomic mass is 10.1. The van der Waals surface area contributed by atoms with Crippen molar-refractivity contribution in [3.63, 3.8) is 0 Å². The van der Waals surface area contributed by atoms with E-state index in [-0.39, 0.29) is 11.8 Å². The summed E-state index contributed by atoms with van der Waals surface area (Å²) in [4.78, 5) is 25.8. The summed E-state index contributed by atoms with van der Waals surface area (Å²) in [5.41, 5.74) is 1.23. The van der Waals surface area contributed by atoms with Crippen LogP contribution in [0.2, 0.25) is 0 Å². The van der Waals surface area contributed by atoms with Gasteiger partial charge in [-0.25, -0.2) is 0 Å². The molecule has 1 heterocycles. The Bertz CT molecular complexity index is 731. The first-order valence-corrected chi connectivity index (χ1v) is 8.46. The van der Waals surface area contributed by atoms with Crippen molar-refractivity contribution in [3.8, 4) is 0 Å². The third-order valence-electron chi connectivity index (χ3n) is 3.44. The fourth-order valence-electron chi connectivity index (χ4n) is 2.15. The van der Waals surface area contributed by atoms with E-state index in [0.29, 0.717) is 34.8 Å². The molecule has 0 saturated carbocycles. The maximum absolute atomic E-state index is 12.2. The maximum Gasteiger partial charge on any atom is 0.253 e. The number of halogens is 1. The zero-order valence-electron chi connectivity index (χ0n) is 13.6.